The van der Waals surface area contributed by atoms with Crippen LogP contribution in [0.1, 0.15) is 40.0 Å². The van der Waals surface area contributed by atoms with Crippen molar-refractivity contribution in [1.82, 2.24) is 10.2 Å². The van der Waals surface area contributed by atoms with E-state index in [4.69, 9.17) is 0 Å². The quantitative estimate of drug-likeness (QED) is 0.661. The standard InChI is InChI=1S/C20H25F2N3O5S/c1-12-8-19(2,3)11-20(9-12)16(27)25(18(28)24-20)10-15(26)23-13-4-6-14(7-5-13)31(29,30)17(21)22/h4-7,12,17H,8-11H2,1-3H3,(H,23,26)(H,24,28)/t12-,20-/m1/s1. The lowest BCUT2D eigenvalue weighted by atomic mass is 9.64. The Labute approximate surface area is 179 Å². The first kappa shape index (κ1) is 23.1. The predicted molar refractivity (Wildman–Crippen MR) is 108 cm³/mol. The molecule has 1 heterocycles. The van der Waals surface area contributed by atoms with Crippen LogP contribution >= 0.6 is 0 Å². The molecule has 1 aliphatic heterocycles. The van der Waals surface area contributed by atoms with Crippen molar-refractivity contribution in [2.75, 3.05) is 11.9 Å². The number of amides is 4. The van der Waals surface area contributed by atoms with E-state index in [1.165, 1.54) is 0 Å². The van der Waals surface area contributed by atoms with Crippen LogP contribution in [-0.4, -0.2) is 49.0 Å². The molecule has 0 aromatic heterocycles. The number of urea groups is 1. The third kappa shape index (κ3) is 4.56. The highest BCUT2D eigenvalue weighted by Gasteiger charge is 2.56. The van der Waals surface area contributed by atoms with Gasteiger partial charge in [0.15, 0.2) is 0 Å². The number of alkyl halides is 2. The lowest BCUT2D eigenvalue weighted by Crippen LogP contribution is -2.54. The second-order valence-electron chi connectivity index (χ2n) is 9.14. The average Bonchev–Trinajstić information content (AvgIpc) is 2.83. The third-order valence-corrected chi connectivity index (χ3v) is 7.03. The molecule has 31 heavy (non-hydrogen) atoms. The van der Waals surface area contributed by atoms with Crippen LogP contribution in [0.4, 0.5) is 19.3 Å². The fourth-order valence-corrected chi connectivity index (χ4v) is 5.55. The number of carbonyl (C=O) groups excluding carboxylic acids is 3. The van der Waals surface area contributed by atoms with E-state index in [0.717, 1.165) is 35.6 Å². The van der Waals surface area contributed by atoms with Crippen molar-refractivity contribution in [1.29, 1.82) is 0 Å². The van der Waals surface area contributed by atoms with Crippen LogP contribution < -0.4 is 10.6 Å². The fourth-order valence-electron chi connectivity index (χ4n) is 4.82. The summed E-state index contributed by atoms with van der Waals surface area (Å²) in [5, 5.41) is 5.22. The number of sulfone groups is 1. The van der Waals surface area contributed by atoms with Crippen LogP contribution in [0.5, 0.6) is 0 Å². The van der Waals surface area contributed by atoms with Crippen molar-refractivity contribution >= 4 is 33.4 Å². The van der Waals surface area contributed by atoms with Crippen LogP contribution in [-0.2, 0) is 19.4 Å². The van der Waals surface area contributed by atoms with Gasteiger partial charge in [0.05, 0.1) is 4.90 Å². The molecule has 11 heteroatoms. The highest BCUT2D eigenvalue weighted by molar-refractivity contribution is 7.91. The van der Waals surface area contributed by atoms with Crippen molar-refractivity contribution in [2.45, 2.75) is 56.2 Å². The molecule has 1 saturated heterocycles. The van der Waals surface area contributed by atoms with Crippen LogP contribution in [0.3, 0.4) is 0 Å². The summed E-state index contributed by atoms with van der Waals surface area (Å²) in [6.45, 7) is 5.59. The van der Waals surface area contributed by atoms with Gasteiger partial charge in [-0.3, -0.25) is 14.5 Å². The maximum absolute atomic E-state index is 13.1. The third-order valence-electron chi connectivity index (χ3n) is 5.63. The molecule has 4 amide bonds. The molecule has 2 N–H and O–H groups in total. The van der Waals surface area contributed by atoms with Crippen LogP contribution in [0.2, 0.25) is 0 Å². The van der Waals surface area contributed by atoms with Crippen LogP contribution in [0.25, 0.3) is 0 Å². The Kier molecular flexibility index (Phi) is 5.85. The fraction of sp³-hybridized carbons (Fsp3) is 0.550. The van der Waals surface area contributed by atoms with Gasteiger partial charge in [-0.25, -0.2) is 13.2 Å². The van der Waals surface area contributed by atoms with Gasteiger partial charge in [0.1, 0.15) is 12.1 Å². The normalized spacial score (nSPS) is 25.7. The molecular weight excluding hydrogens is 432 g/mol. The first-order valence-corrected chi connectivity index (χ1v) is 11.4. The van der Waals surface area contributed by atoms with Crippen molar-refractivity contribution in [3.8, 4) is 0 Å². The van der Waals surface area contributed by atoms with Gasteiger partial charge in [0.2, 0.25) is 15.7 Å². The summed E-state index contributed by atoms with van der Waals surface area (Å²) >= 11 is 0. The van der Waals surface area contributed by atoms with Crippen molar-refractivity contribution in [3.05, 3.63) is 24.3 Å². The number of rotatable bonds is 5. The SMILES string of the molecule is C[C@@H]1CC(C)(C)C[C@@]2(C1)NC(=O)N(CC(=O)Nc1ccc(S(=O)(=O)C(F)F)cc1)C2=O. The number of imide groups is 1. The van der Waals surface area contributed by atoms with Gasteiger partial charge in [-0.1, -0.05) is 20.8 Å². The van der Waals surface area contributed by atoms with E-state index >= 15 is 0 Å². The molecule has 0 unspecified atom stereocenters. The monoisotopic (exact) mass is 457 g/mol. The number of anilines is 1. The molecule has 0 bridgehead atoms. The first-order chi connectivity index (χ1) is 14.3. The minimum atomic E-state index is -4.74. The molecule has 1 spiro atoms. The molecule has 170 valence electrons. The number of hydrogen-bond donors (Lipinski definition) is 2. The molecule has 8 nitrogen and oxygen atoms in total. The topological polar surface area (TPSA) is 113 Å². The number of nitrogens with zero attached hydrogens (tertiary/aromatic N) is 1. The largest absolute Gasteiger partial charge is 0.341 e. The Bertz CT molecular complexity index is 1010. The summed E-state index contributed by atoms with van der Waals surface area (Å²) in [6, 6.07) is 3.58. The average molecular weight is 457 g/mol. The van der Waals surface area contributed by atoms with Crippen molar-refractivity contribution < 1.29 is 31.6 Å². The second kappa shape index (κ2) is 7.85. The molecule has 1 aliphatic carbocycles. The molecule has 1 aromatic rings. The molecule has 2 aliphatic rings. The summed E-state index contributed by atoms with van der Waals surface area (Å²) in [4.78, 5) is 38.2. The van der Waals surface area contributed by atoms with Gasteiger partial charge in [-0.15, -0.1) is 0 Å². The molecule has 3 rings (SSSR count). The molecule has 1 saturated carbocycles. The van der Waals surface area contributed by atoms with Crippen molar-refractivity contribution in [3.63, 3.8) is 0 Å². The Balaban J connectivity index is 1.68. The second-order valence-corrected chi connectivity index (χ2v) is 11.1. The van der Waals surface area contributed by atoms with Gasteiger partial charge >= 0.3 is 11.8 Å². The van der Waals surface area contributed by atoms with Crippen LogP contribution in [0.15, 0.2) is 29.2 Å². The number of halogens is 2. The summed E-state index contributed by atoms with van der Waals surface area (Å²) in [7, 11) is -4.74. The number of hydrogen-bond acceptors (Lipinski definition) is 5. The Morgan fingerprint density at radius 2 is 1.84 bits per heavy atom. The van der Waals surface area contributed by atoms with E-state index in [1.807, 2.05) is 20.8 Å². The number of benzene rings is 1. The van der Waals surface area contributed by atoms with E-state index in [-0.39, 0.29) is 17.0 Å². The minimum Gasteiger partial charge on any atom is -0.325 e. The van der Waals surface area contributed by atoms with E-state index in [1.54, 1.807) is 0 Å². The predicted octanol–water partition coefficient (Wildman–Crippen LogP) is 2.76. The summed E-state index contributed by atoms with van der Waals surface area (Å²) in [5.41, 5.74) is -1.02. The number of carbonyl (C=O) groups is 3. The zero-order chi connectivity index (χ0) is 23.2. The van der Waals surface area contributed by atoms with E-state index < -0.39 is 50.4 Å². The minimum absolute atomic E-state index is 0.140. The van der Waals surface area contributed by atoms with Gasteiger partial charge < -0.3 is 10.6 Å². The van der Waals surface area contributed by atoms with Gasteiger partial charge in [-0.2, -0.15) is 8.78 Å². The Morgan fingerprint density at radius 3 is 2.39 bits per heavy atom. The maximum atomic E-state index is 13.1. The molecule has 1 aromatic carbocycles. The highest BCUT2D eigenvalue weighted by atomic mass is 32.2. The van der Waals surface area contributed by atoms with E-state index in [0.29, 0.717) is 12.8 Å². The number of nitrogens with one attached hydrogen (secondary N) is 2. The van der Waals surface area contributed by atoms with Gasteiger partial charge in [0.25, 0.3) is 5.91 Å². The Hall–Kier alpha value is -2.56. The van der Waals surface area contributed by atoms with Gasteiger partial charge in [0, 0.05) is 5.69 Å². The summed E-state index contributed by atoms with van der Waals surface area (Å²) in [5.74, 6) is -4.43. The van der Waals surface area contributed by atoms with Gasteiger partial charge in [-0.05, 0) is 54.9 Å². The molecule has 2 atom stereocenters. The van der Waals surface area contributed by atoms with Crippen molar-refractivity contribution in [2.24, 2.45) is 11.3 Å². The first-order valence-electron chi connectivity index (χ1n) is 9.82. The maximum Gasteiger partial charge on any atom is 0.341 e. The van der Waals surface area contributed by atoms with Crippen LogP contribution in [0, 0.1) is 11.3 Å². The zero-order valence-corrected chi connectivity index (χ0v) is 18.3. The Morgan fingerprint density at radius 1 is 1.23 bits per heavy atom. The summed E-state index contributed by atoms with van der Waals surface area (Å²) in [6.07, 6.45) is 1.90. The smallest absolute Gasteiger partial charge is 0.325 e. The van der Waals surface area contributed by atoms with E-state index in [9.17, 15) is 31.6 Å². The molecule has 2 fully saturated rings. The lowest BCUT2D eigenvalue weighted by Gasteiger charge is -2.43. The molecule has 0 radical (unpaired) electrons. The van der Waals surface area contributed by atoms with E-state index in [2.05, 4.69) is 10.6 Å². The molecular formula is C20H25F2N3O5S. The lowest BCUT2D eigenvalue weighted by molar-refractivity contribution is -0.136. The highest BCUT2D eigenvalue weighted by Crippen LogP contribution is 2.46. The summed E-state index contributed by atoms with van der Waals surface area (Å²) < 4.78 is 48.1. The zero-order valence-electron chi connectivity index (χ0n) is 17.4.